The molecule has 0 aromatic rings. The monoisotopic (exact) mass is 201 g/mol. The zero-order chi connectivity index (χ0) is 11.0. The van der Waals surface area contributed by atoms with E-state index in [2.05, 4.69) is 0 Å². The Morgan fingerprint density at radius 1 is 1.29 bits per heavy atom. The Morgan fingerprint density at radius 2 is 1.93 bits per heavy atom. The molecule has 0 aliphatic heterocycles. The Kier molecular flexibility index (Phi) is 7.02. The zero-order valence-corrected chi connectivity index (χ0v) is 8.91. The summed E-state index contributed by atoms with van der Waals surface area (Å²) in [6.45, 7) is 4.01. The smallest absolute Gasteiger partial charge is 0.322 e. The third kappa shape index (κ3) is 5.70. The van der Waals surface area contributed by atoms with E-state index in [0.29, 0.717) is 25.9 Å². The summed E-state index contributed by atoms with van der Waals surface area (Å²) >= 11 is 0. The lowest BCUT2D eigenvalue weighted by atomic mass is 10.1. The van der Waals surface area contributed by atoms with Crippen molar-refractivity contribution >= 4 is 11.8 Å². The van der Waals surface area contributed by atoms with Gasteiger partial charge in [-0.3, -0.25) is 9.59 Å². The molecule has 4 heteroatoms. The summed E-state index contributed by atoms with van der Waals surface area (Å²) in [7, 11) is 0. The first-order valence-electron chi connectivity index (χ1n) is 5.05. The molecule has 0 bridgehead atoms. The van der Waals surface area contributed by atoms with Crippen molar-refractivity contribution in [1.29, 1.82) is 0 Å². The number of carbonyl (C=O) groups excluding carboxylic acids is 2. The average Bonchev–Trinajstić information content (AvgIpc) is 2.15. The van der Waals surface area contributed by atoms with Gasteiger partial charge in [-0.15, -0.1) is 0 Å². The number of ketones is 1. The Bertz CT molecular complexity index is 192. The van der Waals surface area contributed by atoms with Crippen molar-refractivity contribution in [2.75, 3.05) is 6.61 Å². The maximum atomic E-state index is 11.1. The van der Waals surface area contributed by atoms with E-state index in [0.717, 1.165) is 6.42 Å². The van der Waals surface area contributed by atoms with Crippen molar-refractivity contribution < 1.29 is 14.3 Å². The van der Waals surface area contributed by atoms with E-state index in [1.807, 2.05) is 6.92 Å². The van der Waals surface area contributed by atoms with Crippen molar-refractivity contribution in [3.05, 3.63) is 0 Å². The second kappa shape index (κ2) is 7.50. The summed E-state index contributed by atoms with van der Waals surface area (Å²) < 4.78 is 4.72. The molecule has 0 aliphatic carbocycles. The molecule has 0 amide bonds. The molecule has 0 spiro atoms. The van der Waals surface area contributed by atoms with Gasteiger partial charge in [0, 0.05) is 12.8 Å². The third-order valence-electron chi connectivity index (χ3n) is 1.85. The zero-order valence-electron chi connectivity index (χ0n) is 8.91. The van der Waals surface area contributed by atoms with Crippen molar-refractivity contribution in [1.82, 2.24) is 0 Å². The molecular weight excluding hydrogens is 182 g/mol. The van der Waals surface area contributed by atoms with Crippen molar-refractivity contribution in [3.8, 4) is 0 Å². The van der Waals surface area contributed by atoms with E-state index in [4.69, 9.17) is 10.5 Å². The minimum absolute atomic E-state index is 0.159. The minimum Gasteiger partial charge on any atom is -0.465 e. The van der Waals surface area contributed by atoms with Crippen LogP contribution in [0.3, 0.4) is 0 Å². The molecule has 14 heavy (non-hydrogen) atoms. The van der Waals surface area contributed by atoms with Crippen LogP contribution in [0.4, 0.5) is 0 Å². The molecule has 0 aromatic carbocycles. The van der Waals surface area contributed by atoms with Crippen LogP contribution < -0.4 is 5.73 Å². The topological polar surface area (TPSA) is 69.4 Å². The van der Waals surface area contributed by atoms with Crippen LogP contribution in [0.25, 0.3) is 0 Å². The van der Waals surface area contributed by atoms with Crippen LogP contribution in [-0.2, 0) is 14.3 Å². The molecule has 4 nitrogen and oxygen atoms in total. The van der Waals surface area contributed by atoms with Crippen LogP contribution in [0.2, 0.25) is 0 Å². The molecule has 0 heterocycles. The summed E-state index contributed by atoms with van der Waals surface area (Å²) in [6.07, 6.45) is 2.16. The van der Waals surface area contributed by atoms with Gasteiger partial charge >= 0.3 is 5.97 Å². The van der Waals surface area contributed by atoms with Crippen LogP contribution in [-0.4, -0.2) is 24.4 Å². The first-order chi connectivity index (χ1) is 6.61. The standard InChI is InChI=1S/C10H19NO3/c1-3-5-8(12)6-7-9(11)10(13)14-4-2/h9H,3-7,11H2,1-2H3. The molecule has 1 atom stereocenters. The SMILES string of the molecule is CCCC(=O)CCC(N)C(=O)OCC. The lowest BCUT2D eigenvalue weighted by molar-refractivity contribution is -0.144. The number of ether oxygens (including phenoxy) is 1. The van der Waals surface area contributed by atoms with Crippen molar-refractivity contribution in [2.45, 2.75) is 45.6 Å². The summed E-state index contributed by atoms with van der Waals surface area (Å²) in [4.78, 5) is 22.2. The quantitative estimate of drug-likeness (QED) is 0.624. The fraction of sp³-hybridized carbons (Fsp3) is 0.800. The normalized spacial score (nSPS) is 12.2. The maximum Gasteiger partial charge on any atom is 0.322 e. The largest absolute Gasteiger partial charge is 0.465 e. The van der Waals surface area contributed by atoms with Crippen LogP contribution in [0.15, 0.2) is 0 Å². The molecule has 0 fully saturated rings. The summed E-state index contributed by atoms with van der Waals surface area (Å²) in [5.41, 5.74) is 5.52. The van der Waals surface area contributed by atoms with Gasteiger partial charge in [-0.2, -0.15) is 0 Å². The lowest BCUT2D eigenvalue weighted by Crippen LogP contribution is -2.32. The van der Waals surface area contributed by atoms with Crippen LogP contribution in [0, 0.1) is 0 Å². The number of hydrogen-bond acceptors (Lipinski definition) is 4. The minimum atomic E-state index is -0.657. The molecule has 0 rings (SSSR count). The molecule has 0 aliphatic rings. The van der Waals surface area contributed by atoms with Gasteiger partial charge in [0.2, 0.25) is 0 Å². The second-order valence-corrected chi connectivity index (χ2v) is 3.19. The van der Waals surface area contributed by atoms with E-state index in [1.54, 1.807) is 6.92 Å². The fourth-order valence-corrected chi connectivity index (χ4v) is 1.09. The van der Waals surface area contributed by atoms with Crippen LogP contribution >= 0.6 is 0 Å². The predicted molar refractivity (Wildman–Crippen MR) is 53.8 cm³/mol. The van der Waals surface area contributed by atoms with E-state index in [-0.39, 0.29) is 5.78 Å². The Balaban J connectivity index is 3.67. The van der Waals surface area contributed by atoms with E-state index in [1.165, 1.54) is 0 Å². The Hall–Kier alpha value is -0.900. The first kappa shape index (κ1) is 13.1. The number of hydrogen-bond donors (Lipinski definition) is 1. The molecule has 0 saturated carbocycles. The van der Waals surface area contributed by atoms with E-state index < -0.39 is 12.0 Å². The fourth-order valence-electron chi connectivity index (χ4n) is 1.09. The predicted octanol–water partition coefficient (Wildman–Crippen LogP) is 1.03. The van der Waals surface area contributed by atoms with Gasteiger partial charge in [-0.05, 0) is 19.8 Å². The van der Waals surface area contributed by atoms with Crippen LogP contribution in [0.5, 0.6) is 0 Å². The van der Waals surface area contributed by atoms with Gasteiger partial charge in [0.25, 0.3) is 0 Å². The number of Topliss-reactive ketones (excluding diaryl/α,β-unsaturated/α-hetero) is 1. The summed E-state index contributed by atoms with van der Waals surface area (Å²) in [5, 5.41) is 0. The molecule has 1 unspecified atom stereocenters. The maximum absolute atomic E-state index is 11.1. The number of nitrogens with two attached hydrogens (primary N) is 1. The van der Waals surface area contributed by atoms with Gasteiger partial charge < -0.3 is 10.5 Å². The molecule has 0 saturated heterocycles. The van der Waals surface area contributed by atoms with Gasteiger partial charge in [0.05, 0.1) is 6.61 Å². The first-order valence-corrected chi connectivity index (χ1v) is 5.05. The summed E-state index contributed by atoms with van der Waals surface area (Å²) in [6, 6.07) is -0.657. The van der Waals surface area contributed by atoms with Crippen molar-refractivity contribution in [2.24, 2.45) is 5.73 Å². The van der Waals surface area contributed by atoms with E-state index >= 15 is 0 Å². The molecule has 0 aromatic heterocycles. The Morgan fingerprint density at radius 3 is 2.43 bits per heavy atom. The highest BCUT2D eigenvalue weighted by atomic mass is 16.5. The third-order valence-corrected chi connectivity index (χ3v) is 1.85. The highest BCUT2D eigenvalue weighted by molar-refractivity contribution is 5.80. The Labute approximate surface area is 84.8 Å². The van der Waals surface area contributed by atoms with Gasteiger partial charge in [-0.25, -0.2) is 0 Å². The molecule has 2 N–H and O–H groups in total. The number of esters is 1. The highest BCUT2D eigenvalue weighted by Gasteiger charge is 2.15. The second-order valence-electron chi connectivity index (χ2n) is 3.19. The average molecular weight is 201 g/mol. The van der Waals surface area contributed by atoms with E-state index in [9.17, 15) is 9.59 Å². The van der Waals surface area contributed by atoms with Gasteiger partial charge in [0.1, 0.15) is 11.8 Å². The van der Waals surface area contributed by atoms with Gasteiger partial charge in [-0.1, -0.05) is 6.92 Å². The summed E-state index contributed by atoms with van der Waals surface area (Å²) in [5.74, 6) is -0.260. The molecular formula is C10H19NO3. The van der Waals surface area contributed by atoms with Gasteiger partial charge in [0.15, 0.2) is 0 Å². The van der Waals surface area contributed by atoms with Crippen molar-refractivity contribution in [3.63, 3.8) is 0 Å². The number of carbonyl (C=O) groups is 2. The highest BCUT2D eigenvalue weighted by Crippen LogP contribution is 2.02. The molecule has 0 radical (unpaired) electrons. The number of rotatable bonds is 7. The lowest BCUT2D eigenvalue weighted by Gasteiger charge is -2.09. The van der Waals surface area contributed by atoms with Crippen LogP contribution in [0.1, 0.15) is 39.5 Å². The molecule has 82 valence electrons.